The number of aromatic nitrogens is 2. The van der Waals surface area contributed by atoms with Gasteiger partial charge >= 0.3 is 0 Å². The molecule has 0 aliphatic carbocycles. The Hall–Kier alpha value is -2.23. The van der Waals surface area contributed by atoms with Gasteiger partial charge in [0.2, 0.25) is 0 Å². The van der Waals surface area contributed by atoms with E-state index in [4.69, 9.17) is 0 Å². The average Bonchev–Trinajstić information content (AvgIpc) is 2.40. The third-order valence-corrected chi connectivity index (χ3v) is 2.77. The molecule has 0 saturated heterocycles. The van der Waals surface area contributed by atoms with Gasteiger partial charge in [-0.2, -0.15) is 10.2 Å². The number of aliphatic imine (C=N–C) groups is 1. The van der Waals surface area contributed by atoms with E-state index in [9.17, 15) is 0 Å². The molecule has 4 nitrogen and oxygen atoms in total. The summed E-state index contributed by atoms with van der Waals surface area (Å²) in [6, 6.07) is 10.2. The number of hydrogen-bond acceptors (Lipinski definition) is 4. The summed E-state index contributed by atoms with van der Waals surface area (Å²) in [5.41, 5.74) is 3.43. The fraction of sp³-hybridized carbons (Fsp3) is 0.154. The fourth-order valence-corrected chi connectivity index (χ4v) is 1.95. The number of benzene rings is 1. The molecule has 1 aliphatic rings. The zero-order valence-electron chi connectivity index (χ0n) is 9.30. The molecule has 0 saturated carbocycles. The Labute approximate surface area is 99.4 Å². The van der Waals surface area contributed by atoms with Crippen molar-refractivity contribution in [2.75, 3.05) is 11.9 Å². The van der Waals surface area contributed by atoms with Crippen LogP contribution in [0.5, 0.6) is 0 Å². The monoisotopic (exact) mass is 224 g/mol. The van der Waals surface area contributed by atoms with E-state index in [1.54, 1.807) is 12.4 Å². The molecule has 17 heavy (non-hydrogen) atoms. The number of amidine groups is 1. The van der Waals surface area contributed by atoms with E-state index in [1.807, 2.05) is 12.1 Å². The number of nitrogens with zero attached hydrogens (tertiary/aromatic N) is 3. The van der Waals surface area contributed by atoms with Gasteiger partial charge in [0.1, 0.15) is 5.84 Å². The summed E-state index contributed by atoms with van der Waals surface area (Å²) in [6.07, 6.45) is 4.37. The van der Waals surface area contributed by atoms with Gasteiger partial charge in [0, 0.05) is 12.1 Å². The van der Waals surface area contributed by atoms with Crippen LogP contribution in [0.25, 0.3) is 0 Å². The Balaban J connectivity index is 1.92. The maximum Gasteiger partial charge on any atom is 0.133 e. The van der Waals surface area contributed by atoms with E-state index >= 15 is 0 Å². The Morgan fingerprint density at radius 2 is 2.00 bits per heavy atom. The van der Waals surface area contributed by atoms with Crippen molar-refractivity contribution in [2.24, 2.45) is 4.99 Å². The van der Waals surface area contributed by atoms with Crippen LogP contribution < -0.4 is 5.32 Å². The first-order valence-electron chi connectivity index (χ1n) is 5.60. The van der Waals surface area contributed by atoms with Gasteiger partial charge < -0.3 is 5.32 Å². The Morgan fingerprint density at radius 3 is 2.88 bits per heavy atom. The lowest BCUT2D eigenvalue weighted by atomic mass is 10.0. The highest BCUT2D eigenvalue weighted by Crippen LogP contribution is 2.17. The number of nitrogens with one attached hydrogen (secondary N) is 1. The third kappa shape index (κ3) is 2.01. The maximum atomic E-state index is 4.52. The lowest BCUT2D eigenvalue weighted by Gasteiger charge is -2.17. The predicted molar refractivity (Wildman–Crippen MR) is 67.2 cm³/mol. The first kappa shape index (κ1) is 9.96. The van der Waals surface area contributed by atoms with E-state index in [0.717, 1.165) is 24.5 Å². The van der Waals surface area contributed by atoms with Gasteiger partial charge in [-0.3, -0.25) is 4.99 Å². The van der Waals surface area contributed by atoms with Gasteiger partial charge in [-0.05, 0) is 18.1 Å². The van der Waals surface area contributed by atoms with E-state index in [2.05, 4.69) is 38.7 Å². The minimum atomic E-state index is 0.831. The number of anilines is 1. The minimum Gasteiger partial charge on any atom is -0.339 e. The van der Waals surface area contributed by atoms with Crippen molar-refractivity contribution in [3.63, 3.8) is 0 Å². The van der Waals surface area contributed by atoms with Crippen LogP contribution in [0.2, 0.25) is 0 Å². The first-order chi connectivity index (χ1) is 8.43. The Kier molecular flexibility index (Phi) is 2.54. The van der Waals surface area contributed by atoms with Crippen LogP contribution in [0, 0.1) is 0 Å². The molecule has 1 aromatic carbocycles. The van der Waals surface area contributed by atoms with Crippen molar-refractivity contribution in [2.45, 2.75) is 6.42 Å². The summed E-state index contributed by atoms with van der Waals surface area (Å²) in [5, 5.41) is 10.9. The molecule has 1 N–H and O–H groups in total. The zero-order valence-corrected chi connectivity index (χ0v) is 9.30. The molecule has 1 aromatic heterocycles. The van der Waals surface area contributed by atoms with Crippen molar-refractivity contribution in [1.82, 2.24) is 10.2 Å². The number of rotatable bonds is 1. The first-order valence-corrected chi connectivity index (χ1v) is 5.60. The molecule has 0 unspecified atom stereocenters. The molecule has 2 aromatic rings. The van der Waals surface area contributed by atoms with Gasteiger partial charge in [-0.15, -0.1) is 0 Å². The largest absolute Gasteiger partial charge is 0.339 e. The predicted octanol–water partition coefficient (Wildman–Crippen LogP) is 1.89. The van der Waals surface area contributed by atoms with Gasteiger partial charge in [-0.25, -0.2) is 0 Å². The SMILES string of the molecule is c1ccc2c(c1)CCN=C2Nc1ccnnc1. The number of fused-ring (bicyclic) bond motifs is 1. The highest BCUT2D eigenvalue weighted by molar-refractivity contribution is 6.09. The summed E-state index contributed by atoms with van der Waals surface area (Å²) in [6.45, 7) is 0.831. The standard InChI is InChI=1S/C13H12N4/c1-2-4-12-10(3-1)5-7-14-13(12)17-11-6-8-15-16-9-11/h1-4,6,8-9H,5,7H2,(H,14,15,17). The van der Waals surface area contributed by atoms with E-state index < -0.39 is 0 Å². The lowest BCUT2D eigenvalue weighted by Crippen LogP contribution is -2.20. The quantitative estimate of drug-likeness (QED) is 0.804. The van der Waals surface area contributed by atoms with E-state index in [0.29, 0.717) is 0 Å². The maximum absolute atomic E-state index is 4.52. The van der Waals surface area contributed by atoms with Gasteiger partial charge in [-0.1, -0.05) is 24.3 Å². The van der Waals surface area contributed by atoms with Crippen molar-refractivity contribution < 1.29 is 0 Å². The van der Waals surface area contributed by atoms with Gasteiger partial charge in [0.15, 0.2) is 0 Å². The molecule has 1 aliphatic heterocycles. The Morgan fingerprint density at radius 1 is 1.06 bits per heavy atom. The third-order valence-electron chi connectivity index (χ3n) is 2.77. The number of hydrogen-bond donors (Lipinski definition) is 1. The summed E-state index contributed by atoms with van der Waals surface area (Å²) >= 11 is 0. The molecule has 0 bridgehead atoms. The molecular formula is C13H12N4. The van der Waals surface area contributed by atoms with E-state index in [1.165, 1.54) is 11.1 Å². The van der Waals surface area contributed by atoms with Crippen LogP contribution in [0.15, 0.2) is 47.7 Å². The second-order valence-electron chi connectivity index (χ2n) is 3.89. The topological polar surface area (TPSA) is 50.2 Å². The Bertz CT molecular complexity index is 548. The minimum absolute atomic E-state index is 0.831. The van der Waals surface area contributed by atoms with E-state index in [-0.39, 0.29) is 0 Å². The van der Waals surface area contributed by atoms with Gasteiger partial charge in [0.05, 0.1) is 18.1 Å². The molecule has 2 heterocycles. The second kappa shape index (κ2) is 4.33. The molecule has 0 spiro atoms. The molecular weight excluding hydrogens is 212 g/mol. The van der Waals surface area contributed by atoms with Crippen LogP contribution in [-0.2, 0) is 6.42 Å². The fourth-order valence-electron chi connectivity index (χ4n) is 1.95. The zero-order chi connectivity index (χ0) is 11.5. The van der Waals surface area contributed by atoms with Crippen LogP contribution in [0.3, 0.4) is 0 Å². The highest BCUT2D eigenvalue weighted by atomic mass is 15.1. The normalized spacial score (nSPS) is 13.8. The van der Waals surface area contributed by atoms with Crippen molar-refractivity contribution in [1.29, 1.82) is 0 Å². The smallest absolute Gasteiger partial charge is 0.133 e. The van der Waals surface area contributed by atoms with Crippen LogP contribution in [0.4, 0.5) is 5.69 Å². The highest BCUT2D eigenvalue weighted by Gasteiger charge is 2.13. The summed E-state index contributed by atoms with van der Waals surface area (Å²) < 4.78 is 0. The van der Waals surface area contributed by atoms with Crippen LogP contribution >= 0.6 is 0 Å². The molecule has 0 atom stereocenters. The van der Waals surface area contributed by atoms with Crippen molar-refractivity contribution in [3.05, 3.63) is 53.9 Å². The van der Waals surface area contributed by atoms with Crippen molar-refractivity contribution in [3.8, 4) is 0 Å². The molecule has 0 fully saturated rings. The molecule has 4 heteroatoms. The van der Waals surface area contributed by atoms with Crippen LogP contribution in [0.1, 0.15) is 11.1 Å². The van der Waals surface area contributed by atoms with Gasteiger partial charge in [0.25, 0.3) is 0 Å². The molecule has 0 amide bonds. The van der Waals surface area contributed by atoms with Crippen LogP contribution in [-0.4, -0.2) is 22.6 Å². The molecule has 0 radical (unpaired) electrons. The summed E-state index contributed by atoms with van der Waals surface area (Å²) in [4.78, 5) is 4.52. The molecule has 84 valence electrons. The molecule has 3 rings (SSSR count). The summed E-state index contributed by atoms with van der Waals surface area (Å²) in [7, 11) is 0. The lowest BCUT2D eigenvalue weighted by molar-refractivity contribution is 0.942. The summed E-state index contributed by atoms with van der Waals surface area (Å²) in [5.74, 6) is 0.917. The van der Waals surface area contributed by atoms with Crippen molar-refractivity contribution >= 4 is 11.5 Å². The average molecular weight is 224 g/mol. The second-order valence-corrected chi connectivity index (χ2v) is 3.89.